The van der Waals surface area contributed by atoms with E-state index in [1.807, 2.05) is 0 Å². The molecule has 0 radical (unpaired) electrons. The van der Waals surface area contributed by atoms with E-state index in [2.05, 4.69) is 5.43 Å². The fourth-order valence-corrected chi connectivity index (χ4v) is 5.88. The number of aromatic hydroxyl groups is 2. The van der Waals surface area contributed by atoms with Crippen LogP contribution in [0.1, 0.15) is 68.8 Å². The number of benzene rings is 2. The third kappa shape index (κ3) is 4.77. The second kappa shape index (κ2) is 11.3. The summed E-state index contributed by atoms with van der Waals surface area (Å²) < 4.78 is 17.1. The first-order valence-electron chi connectivity index (χ1n) is 12.7. The third-order valence-corrected chi connectivity index (χ3v) is 7.97. The summed E-state index contributed by atoms with van der Waals surface area (Å²) in [5.41, 5.74) is -1.19. The fourth-order valence-electron chi connectivity index (χ4n) is 5.88. The molecule has 0 spiro atoms. The molecule has 4 unspecified atom stereocenters. The first kappa shape index (κ1) is 30.8. The van der Waals surface area contributed by atoms with Crippen molar-refractivity contribution in [2.45, 2.75) is 62.4 Å². The van der Waals surface area contributed by atoms with Gasteiger partial charge in [-0.25, -0.2) is 0 Å². The van der Waals surface area contributed by atoms with Crippen molar-refractivity contribution in [2.24, 2.45) is 5.84 Å². The summed E-state index contributed by atoms with van der Waals surface area (Å²) in [6.07, 6.45) is -5.17. The summed E-state index contributed by atoms with van der Waals surface area (Å²) in [4.78, 5) is 39.8. The Morgan fingerprint density at radius 3 is 2.49 bits per heavy atom. The SMILES string of the molecule is COc1cccc2c1C(=O)c1c(O)c3c(c(O)c1C2=O)C[C@@](O)(C(=O)CO)C[C@@H]3OC1CC(NN)C(O)C(C)O1.Cl. The van der Waals surface area contributed by atoms with Gasteiger partial charge in [0.2, 0.25) is 5.78 Å². The summed E-state index contributed by atoms with van der Waals surface area (Å²) in [7, 11) is 1.32. The number of aliphatic hydroxyl groups excluding tert-OH is 2. The number of carbonyl (C=O) groups excluding carboxylic acids is 3. The molecule has 0 bridgehead atoms. The van der Waals surface area contributed by atoms with Gasteiger partial charge in [-0.2, -0.15) is 0 Å². The number of hydrogen-bond donors (Lipinski definition) is 7. The number of halogens is 1. The first-order chi connectivity index (χ1) is 19.0. The van der Waals surface area contributed by atoms with E-state index < -0.39 is 95.7 Å². The topological polar surface area (TPSA) is 218 Å². The summed E-state index contributed by atoms with van der Waals surface area (Å²) >= 11 is 0. The van der Waals surface area contributed by atoms with Crippen LogP contribution >= 0.6 is 12.4 Å². The summed E-state index contributed by atoms with van der Waals surface area (Å²) in [6.45, 7) is 0.558. The quantitative estimate of drug-likeness (QED) is 0.113. The van der Waals surface area contributed by atoms with Gasteiger partial charge in [0.1, 0.15) is 29.5 Å². The number of rotatable bonds is 6. The first-order valence-corrected chi connectivity index (χ1v) is 12.7. The van der Waals surface area contributed by atoms with Gasteiger partial charge in [0.05, 0.1) is 48.2 Å². The summed E-state index contributed by atoms with van der Waals surface area (Å²) in [6, 6.07) is 3.71. The predicted octanol–water partition coefficient (Wildman–Crippen LogP) is -0.0723. The van der Waals surface area contributed by atoms with E-state index >= 15 is 0 Å². The lowest BCUT2D eigenvalue weighted by atomic mass is 9.72. The van der Waals surface area contributed by atoms with Gasteiger partial charge < -0.3 is 39.7 Å². The number of ether oxygens (including phenoxy) is 3. The highest BCUT2D eigenvalue weighted by Crippen LogP contribution is 2.52. The summed E-state index contributed by atoms with van der Waals surface area (Å²) in [5, 5.41) is 54.0. The molecule has 0 amide bonds. The molecule has 41 heavy (non-hydrogen) atoms. The number of methoxy groups -OCH3 is 1. The van der Waals surface area contributed by atoms with Crippen LogP contribution in [0.4, 0.5) is 0 Å². The zero-order chi connectivity index (χ0) is 29.1. The highest BCUT2D eigenvalue weighted by atomic mass is 35.5. The normalized spacial score (nSPS) is 28.7. The van der Waals surface area contributed by atoms with Crippen molar-refractivity contribution in [3.05, 3.63) is 51.6 Å². The number of fused-ring (bicyclic) bond motifs is 3. The highest BCUT2D eigenvalue weighted by Gasteiger charge is 2.50. The van der Waals surface area contributed by atoms with Gasteiger partial charge in [-0.1, -0.05) is 12.1 Å². The van der Waals surface area contributed by atoms with E-state index in [-0.39, 0.29) is 46.8 Å². The van der Waals surface area contributed by atoms with Gasteiger partial charge in [-0.05, 0) is 13.0 Å². The number of Topliss-reactive ketones (excluding diaryl/α,β-unsaturated/α-hetero) is 1. The van der Waals surface area contributed by atoms with Crippen LogP contribution < -0.4 is 16.0 Å². The van der Waals surface area contributed by atoms with Gasteiger partial charge in [-0.3, -0.25) is 25.7 Å². The van der Waals surface area contributed by atoms with Crippen LogP contribution in [0.3, 0.4) is 0 Å². The monoisotopic (exact) mass is 594 g/mol. The Morgan fingerprint density at radius 1 is 1.17 bits per heavy atom. The number of hydrogen-bond acceptors (Lipinski definition) is 13. The van der Waals surface area contributed by atoms with Crippen molar-refractivity contribution in [2.75, 3.05) is 13.7 Å². The maximum atomic E-state index is 13.7. The van der Waals surface area contributed by atoms with Crippen molar-refractivity contribution < 1.29 is 54.1 Å². The minimum atomic E-state index is -2.25. The Hall–Kier alpha value is -3.14. The Kier molecular flexibility index (Phi) is 8.47. The van der Waals surface area contributed by atoms with Crippen LogP contribution in [0.5, 0.6) is 17.2 Å². The van der Waals surface area contributed by atoms with Crippen molar-refractivity contribution >= 4 is 29.8 Å². The van der Waals surface area contributed by atoms with Crippen molar-refractivity contribution in [3.63, 3.8) is 0 Å². The minimum absolute atomic E-state index is 0. The summed E-state index contributed by atoms with van der Waals surface area (Å²) in [5.74, 6) is 1.75. The molecule has 1 fully saturated rings. The van der Waals surface area contributed by atoms with Gasteiger partial charge in [0, 0.05) is 36.0 Å². The van der Waals surface area contributed by atoms with E-state index in [1.165, 1.54) is 25.3 Å². The van der Waals surface area contributed by atoms with Crippen LogP contribution in [0, 0.1) is 0 Å². The molecule has 1 heterocycles. The van der Waals surface area contributed by atoms with E-state index in [0.717, 1.165) is 0 Å². The number of nitrogens with one attached hydrogen (secondary N) is 1. The van der Waals surface area contributed by atoms with Crippen LogP contribution in [0.2, 0.25) is 0 Å². The molecular formula is C27H31ClN2O11. The Bertz CT molecular complexity index is 1420. The molecule has 2 aromatic carbocycles. The molecule has 14 heteroatoms. The van der Waals surface area contributed by atoms with E-state index in [1.54, 1.807) is 6.92 Å². The molecule has 222 valence electrons. The maximum Gasteiger partial charge on any atom is 0.202 e. The van der Waals surface area contributed by atoms with Crippen LogP contribution in [-0.2, 0) is 20.7 Å². The van der Waals surface area contributed by atoms with E-state index in [0.29, 0.717) is 0 Å². The Morgan fingerprint density at radius 2 is 1.85 bits per heavy atom. The smallest absolute Gasteiger partial charge is 0.202 e. The lowest BCUT2D eigenvalue weighted by Gasteiger charge is -2.42. The van der Waals surface area contributed by atoms with Gasteiger partial charge in [0.25, 0.3) is 0 Å². The second-order valence-corrected chi connectivity index (χ2v) is 10.3. The lowest BCUT2D eigenvalue weighted by molar-refractivity contribution is -0.249. The molecule has 1 saturated heterocycles. The molecule has 5 rings (SSSR count). The lowest BCUT2D eigenvalue weighted by Crippen LogP contribution is -2.56. The van der Waals surface area contributed by atoms with Gasteiger partial charge >= 0.3 is 0 Å². The number of carbonyl (C=O) groups is 3. The maximum absolute atomic E-state index is 13.7. The number of aliphatic hydroxyl groups is 3. The second-order valence-electron chi connectivity index (χ2n) is 10.3. The molecule has 8 N–H and O–H groups in total. The molecule has 0 aromatic heterocycles. The van der Waals surface area contributed by atoms with Crippen LogP contribution in [-0.4, -0.2) is 86.7 Å². The molecule has 3 aliphatic rings. The van der Waals surface area contributed by atoms with Crippen molar-refractivity contribution in [1.82, 2.24) is 5.43 Å². The average Bonchev–Trinajstić information content (AvgIpc) is 2.94. The molecule has 13 nitrogen and oxygen atoms in total. The minimum Gasteiger partial charge on any atom is -0.507 e. The number of ketones is 3. The Labute approximate surface area is 240 Å². The molecular weight excluding hydrogens is 564 g/mol. The number of nitrogens with two attached hydrogens (primary N) is 1. The number of hydrazine groups is 1. The fraction of sp³-hybridized carbons (Fsp3) is 0.444. The largest absolute Gasteiger partial charge is 0.507 e. The van der Waals surface area contributed by atoms with Crippen molar-refractivity contribution in [1.29, 1.82) is 0 Å². The molecule has 1 aliphatic heterocycles. The van der Waals surface area contributed by atoms with Gasteiger partial charge in [0.15, 0.2) is 17.9 Å². The zero-order valence-corrected chi connectivity index (χ0v) is 22.9. The zero-order valence-electron chi connectivity index (χ0n) is 22.1. The molecule has 2 aliphatic carbocycles. The van der Waals surface area contributed by atoms with E-state index in [9.17, 15) is 39.9 Å². The third-order valence-electron chi connectivity index (χ3n) is 7.97. The van der Waals surface area contributed by atoms with E-state index in [4.69, 9.17) is 20.1 Å². The number of phenols is 2. The Balaban J connectivity index is 0.00000387. The predicted molar refractivity (Wildman–Crippen MR) is 142 cm³/mol. The number of phenolic OH excluding ortho intramolecular Hbond substituents is 2. The van der Waals surface area contributed by atoms with Crippen molar-refractivity contribution in [3.8, 4) is 17.2 Å². The average molecular weight is 595 g/mol. The molecule has 6 atom stereocenters. The standard InChI is InChI=1S/C27H30N2O11.ClH/c1-10-22(32)13(29-28)6-17(39-10)40-15-8-27(37,16(31)9-30)7-12-19(15)26(36)21-20(24(12)34)23(33)11-4-3-5-14(38-2)18(11)25(21)35;/h3-5,10,13,15,17,22,29-30,32,34,36-37H,6-9,28H2,1-2H3;1H/t10?,13?,15-,17?,22?,27-;/m0./s1. The van der Waals surface area contributed by atoms with Gasteiger partial charge in [-0.15, -0.1) is 12.4 Å². The molecule has 2 aromatic rings. The highest BCUT2D eigenvalue weighted by molar-refractivity contribution is 6.31. The molecule has 0 saturated carbocycles. The van der Waals surface area contributed by atoms with Crippen LogP contribution in [0.15, 0.2) is 18.2 Å². The van der Waals surface area contributed by atoms with Crippen LogP contribution in [0.25, 0.3) is 0 Å².